The second-order valence-corrected chi connectivity index (χ2v) is 11.1. The summed E-state index contributed by atoms with van der Waals surface area (Å²) in [6.07, 6.45) is 8.20. The number of nitrogens with one attached hydrogen (secondary N) is 2. The number of methoxy groups -OCH3 is 1. The molecule has 3 aromatic heterocycles. The number of hydrogen-bond donors (Lipinski definition) is 2. The Kier molecular flexibility index (Phi) is 7.47. The summed E-state index contributed by atoms with van der Waals surface area (Å²) in [5, 5.41) is 8.52. The number of carbonyl (C=O) groups excluding carboxylic acids is 1. The lowest BCUT2D eigenvalue weighted by Crippen LogP contribution is -2.11. The number of ether oxygens (including phenoxy) is 2. The molecule has 3 aromatic carbocycles. The molecular formula is C34H28N6O3S. The lowest BCUT2D eigenvalue weighted by Gasteiger charge is -2.14. The van der Waals surface area contributed by atoms with E-state index in [1.807, 2.05) is 78.6 Å². The van der Waals surface area contributed by atoms with E-state index in [2.05, 4.69) is 36.2 Å². The maximum Gasteiger partial charge on any atom is 0.257 e. The highest BCUT2D eigenvalue weighted by Crippen LogP contribution is 2.38. The fraction of sp³-hybridized carbons (Fsp3) is 0.118. The van der Waals surface area contributed by atoms with Crippen LogP contribution in [0, 0.1) is 0 Å². The van der Waals surface area contributed by atoms with Crippen molar-refractivity contribution in [3.05, 3.63) is 119 Å². The van der Waals surface area contributed by atoms with E-state index < -0.39 is 0 Å². The van der Waals surface area contributed by atoms with Crippen LogP contribution in [-0.4, -0.2) is 32.5 Å². The van der Waals surface area contributed by atoms with Gasteiger partial charge in [0, 0.05) is 36.1 Å². The third-order valence-corrected chi connectivity index (χ3v) is 8.12. The van der Waals surface area contributed by atoms with Gasteiger partial charge in [-0.1, -0.05) is 18.2 Å². The lowest BCUT2D eigenvalue weighted by molar-refractivity contribution is 0.102. The molecule has 0 saturated carbocycles. The molecule has 0 bridgehead atoms. The van der Waals surface area contributed by atoms with Gasteiger partial charge in [-0.15, -0.1) is 11.3 Å². The summed E-state index contributed by atoms with van der Waals surface area (Å²) in [6.45, 7) is 1.13. The van der Waals surface area contributed by atoms with Gasteiger partial charge in [0.25, 0.3) is 5.91 Å². The van der Waals surface area contributed by atoms with E-state index >= 15 is 0 Å². The van der Waals surface area contributed by atoms with Crippen molar-refractivity contribution >= 4 is 34.3 Å². The molecule has 218 valence electrons. The number of thiazole rings is 1. The summed E-state index contributed by atoms with van der Waals surface area (Å²) in [6, 6.07) is 21.6. The number of aryl methyl sites for hydroxylation is 2. The number of rotatable bonds is 9. The van der Waals surface area contributed by atoms with E-state index in [0.29, 0.717) is 23.7 Å². The van der Waals surface area contributed by atoms with E-state index in [1.54, 1.807) is 25.0 Å². The Morgan fingerprint density at radius 3 is 2.55 bits per heavy atom. The number of hydrogen-bond acceptors (Lipinski definition) is 8. The van der Waals surface area contributed by atoms with Crippen LogP contribution in [0.1, 0.15) is 21.6 Å². The maximum atomic E-state index is 13.2. The second-order valence-electron chi connectivity index (χ2n) is 10.3. The largest absolute Gasteiger partial charge is 0.493 e. The molecule has 1 amide bonds. The van der Waals surface area contributed by atoms with Crippen LogP contribution in [0.2, 0.25) is 0 Å². The summed E-state index contributed by atoms with van der Waals surface area (Å²) < 4.78 is 13.6. The minimum Gasteiger partial charge on any atom is -0.493 e. The quantitative estimate of drug-likeness (QED) is 0.181. The van der Waals surface area contributed by atoms with Crippen LogP contribution in [-0.2, 0) is 19.6 Å². The van der Waals surface area contributed by atoms with Gasteiger partial charge in [0.05, 0.1) is 53.0 Å². The van der Waals surface area contributed by atoms with E-state index in [0.717, 1.165) is 63.7 Å². The van der Waals surface area contributed by atoms with Crippen molar-refractivity contribution in [3.8, 4) is 33.9 Å². The predicted molar refractivity (Wildman–Crippen MR) is 172 cm³/mol. The van der Waals surface area contributed by atoms with Gasteiger partial charge in [0.1, 0.15) is 6.61 Å². The first kappa shape index (κ1) is 27.4. The predicted octanol–water partition coefficient (Wildman–Crippen LogP) is 7.21. The molecule has 0 atom stereocenters. The molecule has 0 spiro atoms. The van der Waals surface area contributed by atoms with Gasteiger partial charge in [0.2, 0.25) is 0 Å². The summed E-state index contributed by atoms with van der Waals surface area (Å²) in [5.74, 6) is 1.11. The SMILES string of the molecule is COc1cc(-c2ccc3c(c2)Nc2ccc(CCn4cnc(-c5ccncc5)c4)cc2NC3=O)ccc1OCc1cscn1. The Labute approximate surface area is 258 Å². The molecule has 0 unspecified atom stereocenters. The van der Waals surface area contributed by atoms with Crippen LogP contribution >= 0.6 is 11.3 Å². The first-order chi connectivity index (χ1) is 21.6. The molecule has 6 aromatic rings. The van der Waals surface area contributed by atoms with Gasteiger partial charge in [-0.3, -0.25) is 9.78 Å². The Hall–Kier alpha value is -5.48. The summed E-state index contributed by atoms with van der Waals surface area (Å²) in [5.41, 5.74) is 10.5. The van der Waals surface area contributed by atoms with Crippen molar-refractivity contribution in [1.29, 1.82) is 0 Å². The Bertz CT molecular complexity index is 1940. The molecule has 7 rings (SSSR count). The molecule has 2 N–H and O–H groups in total. The van der Waals surface area contributed by atoms with Gasteiger partial charge in [-0.25, -0.2) is 9.97 Å². The number of anilines is 3. The minimum atomic E-state index is -0.157. The van der Waals surface area contributed by atoms with E-state index in [9.17, 15) is 4.79 Å². The summed E-state index contributed by atoms with van der Waals surface area (Å²) >= 11 is 1.53. The van der Waals surface area contributed by atoms with Gasteiger partial charge >= 0.3 is 0 Å². The molecule has 44 heavy (non-hydrogen) atoms. The van der Waals surface area contributed by atoms with E-state index in [1.165, 1.54) is 11.3 Å². The average Bonchev–Trinajstić information content (AvgIpc) is 3.74. The Morgan fingerprint density at radius 1 is 0.841 bits per heavy atom. The summed E-state index contributed by atoms with van der Waals surface area (Å²) in [7, 11) is 1.62. The zero-order valence-corrected chi connectivity index (χ0v) is 24.7. The number of aromatic nitrogens is 4. The molecule has 0 saturated heterocycles. The van der Waals surface area contributed by atoms with Gasteiger partial charge < -0.3 is 24.7 Å². The first-order valence-corrected chi connectivity index (χ1v) is 15.0. The van der Waals surface area contributed by atoms with Crippen molar-refractivity contribution in [2.24, 2.45) is 0 Å². The zero-order chi connectivity index (χ0) is 29.9. The number of imidazole rings is 1. The molecule has 1 aliphatic heterocycles. The van der Waals surface area contributed by atoms with Crippen molar-refractivity contribution < 1.29 is 14.3 Å². The monoisotopic (exact) mass is 600 g/mol. The van der Waals surface area contributed by atoms with Gasteiger partial charge in [0.15, 0.2) is 11.5 Å². The van der Waals surface area contributed by atoms with Crippen LogP contribution in [0.5, 0.6) is 11.5 Å². The Morgan fingerprint density at radius 2 is 1.70 bits per heavy atom. The molecule has 9 nitrogen and oxygen atoms in total. The summed E-state index contributed by atoms with van der Waals surface area (Å²) in [4.78, 5) is 26.1. The lowest BCUT2D eigenvalue weighted by atomic mass is 10.0. The Balaban J connectivity index is 1.07. The molecular weight excluding hydrogens is 572 g/mol. The van der Waals surface area contributed by atoms with Crippen LogP contribution in [0.25, 0.3) is 22.4 Å². The number of amides is 1. The van der Waals surface area contributed by atoms with Crippen molar-refractivity contribution in [2.45, 2.75) is 19.6 Å². The number of carbonyl (C=O) groups is 1. The van der Waals surface area contributed by atoms with Crippen molar-refractivity contribution in [2.75, 3.05) is 17.7 Å². The molecule has 0 radical (unpaired) electrons. The minimum absolute atomic E-state index is 0.157. The fourth-order valence-electron chi connectivity index (χ4n) is 5.16. The maximum absolute atomic E-state index is 13.2. The topological polar surface area (TPSA) is 103 Å². The normalized spacial score (nSPS) is 12.0. The highest BCUT2D eigenvalue weighted by atomic mass is 32.1. The average molecular weight is 601 g/mol. The highest BCUT2D eigenvalue weighted by Gasteiger charge is 2.20. The molecule has 10 heteroatoms. The van der Waals surface area contributed by atoms with Crippen molar-refractivity contribution in [1.82, 2.24) is 19.5 Å². The highest BCUT2D eigenvalue weighted by molar-refractivity contribution is 7.07. The van der Waals surface area contributed by atoms with E-state index in [-0.39, 0.29) is 5.91 Å². The first-order valence-electron chi connectivity index (χ1n) is 14.1. The van der Waals surface area contributed by atoms with E-state index in [4.69, 9.17) is 9.47 Å². The van der Waals surface area contributed by atoms with Crippen LogP contribution in [0.3, 0.4) is 0 Å². The van der Waals surface area contributed by atoms with Gasteiger partial charge in [-0.2, -0.15) is 0 Å². The zero-order valence-electron chi connectivity index (χ0n) is 23.9. The van der Waals surface area contributed by atoms with Crippen LogP contribution < -0.4 is 20.1 Å². The molecule has 4 heterocycles. The second kappa shape index (κ2) is 12.0. The number of pyridine rings is 1. The molecule has 0 aliphatic carbocycles. The van der Waals surface area contributed by atoms with Gasteiger partial charge in [-0.05, 0) is 71.6 Å². The van der Waals surface area contributed by atoms with Crippen molar-refractivity contribution in [3.63, 3.8) is 0 Å². The van der Waals surface area contributed by atoms with Crippen LogP contribution in [0.15, 0.2) is 103 Å². The number of nitrogens with zero attached hydrogens (tertiary/aromatic N) is 4. The number of fused-ring (bicyclic) bond motifs is 2. The molecule has 0 fully saturated rings. The fourth-order valence-corrected chi connectivity index (χ4v) is 5.70. The van der Waals surface area contributed by atoms with Crippen LogP contribution in [0.4, 0.5) is 17.1 Å². The smallest absolute Gasteiger partial charge is 0.257 e. The standard InChI is InChI=1S/C34H28N6O3S/c1-42-33-16-25(4-7-32(33)43-18-26-19-44-21-37-26)24-3-5-27-29(15-24)38-28-6-2-22(14-30(28)39-34(27)41)10-13-40-17-31(36-20-40)23-8-11-35-12-9-23/h2-9,11-12,14-17,19-21,38H,10,13,18H2,1H3,(H,39,41). The number of benzene rings is 3. The third kappa shape index (κ3) is 5.75. The third-order valence-electron chi connectivity index (χ3n) is 7.49. The molecule has 1 aliphatic rings.